The van der Waals surface area contributed by atoms with Crippen LogP contribution in [-0.4, -0.2) is 54.1 Å². The summed E-state index contributed by atoms with van der Waals surface area (Å²) in [5.74, 6) is 5.15. The molecule has 0 bridgehead atoms. The number of amides is 2. The number of aromatic nitrogens is 6. The van der Waals surface area contributed by atoms with Crippen molar-refractivity contribution in [3.63, 3.8) is 0 Å². The van der Waals surface area contributed by atoms with E-state index in [2.05, 4.69) is 42.6 Å². The van der Waals surface area contributed by atoms with E-state index in [4.69, 9.17) is 0 Å². The first-order valence-corrected chi connectivity index (χ1v) is 10.0. The normalized spacial score (nSPS) is 10.8. The molecule has 2 amide bonds. The standard InChI is InChI=1S/C22H22N8O2/c1-13-19(15(3)29-17(27-13)7-11-25-29)21(31)23-9-5-6-10-24-22(32)20-14(2)28-18-8-12-26-30(18)16(20)4/h7-8,11-12H,9-10H2,1-4H3,(H,23,31)(H,24,32). The van der Waals surface area contributed by atoms with Gasteiger partial charge in [0.2, 0.25) is 0 Å². The van der Waals surface area contributed by atoms with Gasteiger partial charge in [-0.1, -0.05) is 11.8 Å². The number of hydrogen-bond donors (Lipinski definition) is 2. The van der Waals surface area contributed by atoms with Gasteiger partial charge in [0.25, 0.3) is 11.8 Å². The van der Waals surface area contributed by atoms with Crippen LogP contribution in [0, 0.1) is 39.5 Å². The second-order valence-electron chi connectivity index (χ2n) is 7.24. The fourth-order valence-electron chi connectivity index (χ4n) is 3.68. The maximum atomic E-state index is 12.6. The summed E-state index contributed by atoms with van der Waals surface area (Å²) in [5, 5.41) is 13.9. The monoisotopic (exact) mass is 430 g/mol. The molecule has 4 aromatic rings. The Kier molecular flexibility index (Phi) is 5.55. The van der Waals surface area contributed by atoms with Crippen LogP contribution in [0.5, 0.6) is 0 Å². The average Bonchev–Trinajstić information content (AvgIpc) is 3.40. The highest BCUT2D eigenvalue weighted by atomic mass is 16.2. The summed E-state index contributed by atoms with van der Waals surface area (Å²) in [5.41, 5.74) is 5.02. The smallest absolute Gasteiger partial charge is 0.255 e. The highest BCUT2D eigenvalue weighted by Gasteiger charge is 2.17. The van der Waals surface area contributed by atoms with Crippen LogP contribution in [-0.2, 0) is 0 Å². The van der Waals surface area contributed by atoms with Crippen LogP contribution in [0.25, 0.3) is 11.3 Å². The molecule has 2 N–H and O–H groups in total. The maximum Gasteiger partial charge on any atom is 0.255 e. The first-order valence-electron chi connectivity index (χ1n) is 10.0. The van der Waals surface area contributed by atoms with Gasteiger partial charge >= 0.3 is 0 Å². The molecule has 0 aliphatic carbocycles. The van der Waals surface area contributed by atoms with Gasteiger partial charge in [-0.3, -0.25) is 9.59 Å². The number of carbonyl (C=O) groups is 2. The van der Waals surface area contributed by atoms with Crippen LogP contribution in [0.4, 0.5) is 0 Å². The summed E-state index contributed by atoms with van der Waals surface area (Å²) >= 11 is 0. The number of hydrogen-bond acceptors (Lipinski definition) is 6. The molecule has 0 saturated heterocycles. The van der Waals surface area contributed by atoms with Gasteiger partial charge in [-0.05, 0) is 27.7 Å². The lowest BCUT2D eigenvalue weighted by Gasteiger charge is -2.10. The zero-order chi connectivity index (χ0) is 22.8. The van der Waals surface area contributed by atoms with Gasteiger partial charge in [0.1, 0.15) is 0 Å². The molecule has 0 aliphatic heterocycles. The Bertz CT molecular complexity index is 1310. The minimum absolute atomic E-state index is 0.142. The molecule has 0 aromatic carbocycles. The number of fused-ring (bicyclic) bond motifs is 2. The zero-order valence-electron chi connectivity index (χ0n) is 18.2. The van der Waals surface area contributed by atoms with Crippen molar-refractivity contribution in [2.45, 2.75) is 27.7 Å². The van der Waals surface area contributed by atoms with E-state index in [0.717, 1.165) is 0 Å². The molecule has 10 heteroatoms. The van der Waals surface area contributed by atoms with Crippen LogP contribution in [0.2, 0.25) is 0 Å². The predicted molar refractivity (Wildman–Crippen MR) is 117 cm³/mol. The van der Waals surface area contributed by atoms with Crippen molar-refractivity contribution in [2.24, 2.45) is 0 Å². The molecule has 0 spiro atoms. The molecule has 0 saturated carbocycles. The van der Waals surface area contributed by atoms with Gasteiger partial charge < -0.3 is 10.6 Å². The van der Waals surface area contributed by atoms with Gasteiger partial charge in [-0.25, -0.2) is 19.0 Å². The number of carbonyl (C=O) groups excluding carboxylic acids is 2. The number of aryl methyl sites for hydroxylation is 4. The second kappa shape index (κ2) is 8.47. The molecule has 4 rings (SSSR count). The third-order valence-corrected chi connectivity index (χ3v) is 5.15. The molecule has 0 unspecified atom stereocenters. The van der Waals surface area contributed by atoms with Crippen LogP contribution < -0.4 is 10.6 Å². The van der Waals surface area contributed by atoms with Crippen LogP contribution in [0.1, 0.15) is 43.5 Å². The quantitative estimate of drug-likeness (QED) is 0.469. The topological polar surface area (TPSA) is 119 Å². The van der Waals surface area contributed by atoms with Gasteiger partial charge in [0.05, 0.1) is 59.4 Å². The van der Waals surface area contributed by atoms with Gasteiger partial charge in [0, 0.05) is 12.1 Å². The molecule has 0 fully saturated rings. The van der Waals surface area contributed by atoms with Crippen molar-refractivity contribution in [2.75, 3.05) is 13.1 Å². The molecular weight excluding hydrogens is 408 g/mol. The Morgan fingerprint density at radius 3 is 1.59 bits per heavy atom. The fraction of sp³-hybridized carbons (Fsp3) is 0.273. The molecule has 0 aliphatic rings. The number of rotatable bonds is 4. The number of nitrogens with zero attached hydrogens (tertiary/aromatic N) is 6. The van der Waals surface area contributed by atoms with Crippen molar-refractivity contribution in [3.05, 3.63) is 58.4 Å². The van der Waals surface area contributed by atoms with E-state index in [1.54, 1.807) is 47.4 Å². The molecule has 4 heterocycles. The minimum atomic E-state index is -0.270. The van der Waals surface area contributed by atoms with Crippen LogP contribution in [0.15, 0.2) is 24.5 Å². The third kappa shape index (κ3) is 3.76. The highest BCUT2D eigenvalue weighted by Crippen LogP contribution is 2.14. The van der Waals surface area contributed by atoms with Crippen molar-refractivity contribution >= 4 is 23.1 Å². The molecule has 10 nitrogen and oxygen atoms in total. The Morgan fingerprint density at radius 2 is 1.19 bits per heavy atom. The highest BCUT2D eigenvalue weighted by molar-refractivity contribution is 5.97. The number of nitrogens with one attached hydrogen (secondary N) is 2. The average molecular weight is 430 g/mol. The molecule has 0 radical (unpaired) electrons. The van der Waals surface area contributed by atoms with E-state index in [1.807, 2.05) is 13.8 Å². The van der Waals surface area contributed by atoms with E-state index in [9.17, 15) is 9.59 Å². The third-order valence-electron chi connectivity index (χ3n) is 5.15. The Morgan fingerprint density at radius 1 is 0.781 bits per heavy atom. The molecule has 4 aromatic heterocycles. The molecule has 32 heavy (non-hydrogen) atoms. The van der Waals surface area contributed by atoms with E-state index in [1.165, 1.54) is 0 Å². The van der Waals surface area contributed by atoms with Crippen molar-refractivity contribution in [1.82, 2.24) is 39.8 Å². The second-order valence-corrected chi connectivity index (χ2v) is 7.24. The van der Waals surface area contributed by atoms with Gasteiger partial charge in [0.15, 0.2) is 11.3 Å². The lowest BCUT2D eigenvalue weighted by Crippen LogP contribution is -2.28. The first-order chi connectivity index (χ1) is 15.4. The summed E-state index contributed by atoms with van der Waals surface area (Å²) < 4.78 is 3.26. The summed E-state index contributed by atoms with van der Waals surface area (Å²) in [6.45, 7) is 7.51. The van der Waals surface area contributed by atoms with E-state index in [-0.39, 0.29) is 24.9 Å². The van der Waals surface area contributed by atoms with Gasteiger partial charge in [-0.2, -0.15) is 10.2 Å². The lowest BCUT2D eigenvalue weighted by atomic mass is 10.1. The lowest BCUT2D eigenvalue weighted by molar-refractivity contribution is 0.0947. The van der Waals surface area contributed by atoms with Gasteiger partial charge in [-0.15, -0.1) is 0 Å². The summed E-state index contributed by atoms with van der Waals surface area (Å²) in [6, 6.07) is 3.57. The summed E-state index contributed by atoms with van der Waals surface area (Å²) in [7, 11) is 0. The Hall–Kier alpha value is -4.26. The maximum absolute atomic E-state index is 12.6. The SMILES string of the molecule is Cc1nc2ccnn2c(C)c1C(=O)NCC#CCNC(=O)c1c(C)nc2ccnn2c1C. The van der Waals surface area contributed by atoms with Crippen molar-refractivity contribution in [1.29, 1.82) is 0 Å². The Balaban J connectivity index is 1.35. The Labute approximate surface area is 184 Å². The van der Waals surface area contributed by atoms with Crippen molar-refractivity contribution < 1.29 is 9.59 Å². The van der Waals surface area contributed by atoms with Crippen LogP contribution in [0.3, 0.4) is 0 Å². The molecule has 0 atom stereocenters. The molecular formula is C22H22N8O2. The van der Waals surface area contributed by atoms with E-state index in [0.29, 0.717) is 45.2 Å². The minimum Gasteiger partial charge on any atom is -0.341 e. The van der Waals surface area contributed by atoms with E-state index >= 15 is 0 Å². The zero-order valence-corrected chi connectivity index (χ0v) is 18.2. The summed E-state index contributed by atoms with van der Waals surface area (Å²) in [6.07, 6.45) is 3.28. The predicted octanol–water partition coefficient (Wildman–Crippen LogP) is 1.17. The first kappa shape index (κ1) is 21.0. The largest absolute Gasteiger partial charge is 0.341 e. The van der Waals surface area contributed by atoms with Crippen molar-refractivity contribution in [3.8, 4) is 11.8 Å². The fourth-order valence-corrected chi connectivity index (χ4v) is 3.68. The molecule has 162 valence electrons. The van der Waals surface area contributed by atoms with E-state index < -0.39 is 0 Å². The van der Waals surface area contributed by atoms with Crippen LogP contribution >= 0.6 is 0 Å². The summed E-state index contributed by atoms with van der Waals surface area (Å²) in [4.78, 5) is 34.0.